The van der Waals surface area contributed by atoms with E-state index >= 15 is 0 Å². The van der Waals surface area contributed by atoms with Gasteiger partial charge in [0.2, 0.25) is 0 Å². The molecular formula is C14H7Cl2FN2OS. The van der Waals surface area contributed by atoms with Crippen molar-refractivity contribution in [3.8, 4) is 16.9 Å². The third-order valence-corrected chi connectivity index (χ3v) is 4.37. The fourth-order valence-corrected chi connectivity index (χ4v) is 3.41. The molecule has 21 heavy (non-hydrogen) atoms. The van der Waals surface area contributed by atoms with E-state index in [-0.39, 0.29) is 5.69 Å². The molecule has 0 radical (unpaired) electrons. The number of carbonyl (C=O) groups is 1. The van der Waals surface area contributed by atoms with Gasteiger partial charge >= 0.3 is 0 Å². The maximum atomic E-state index is 13.8. The molecule has 0 aliphatic rings. The van der Waals surface area contributed by atoms with Crippen molar-refractivity contribution < 1.29 is 9.18 Å². The number of aldehydes is 1. The van der Waals surface area contributed by atoms with Crippen molar-refractivity contribution in [2.45, 2.75) is 0 Å². The van der Waals surface area contributed by atoms with Gasteiger partial charge in [-0.2, -0.15) is 5.10 Å². The SMILES string of the molecule is O=Cc1cn(-c2ccccc2F)nc1-c1cc(Cl)sc1Cl. The Labute approximate surface area is 133 Å². The molecule has 0 fully saturated rings. The Morgan fingerprint density at radius 3 is 2.67 bits per heavy atom. The van der Waals surface area contributed by atoms with Crippen LogP contribution in [-0.4, -0.2) is 16.1 Å². The third kappa shape index (κ3) is 2.60. The van der Waals surface area contributed by atoms with Crippen molar-refractivity contribution in [3.05, 3.63) is 56.6 Å². The fourth-order valence-electron chi connectivity index (χ4n) is 1.95. The monoisotopic (exact) mass is 340 g/mol. The highest BCUT2D eigenvalue weighted by atomic mass is 35.5. The molecule has 0 saturated heterocycles. The fraction of sp³-hybridized carbons (Fsp3) is 0. The van der Waals surface area contributed by atoms with Crippen LogP contribution in [0.2, 0.25) is 8.67 Å². The van der Waals surface area contributed by atoms with Crippen LogP contribution in [0.1, 0.15) is 10.4 Å². The number of para-hydroxylation sites is 1. The van der Waals surface area contributed by atoms with Crippen molar-refractivity contribution in [2.75, 3.05) is 0 Å². The van der Waals surface area contributed by atoms with Crippen molar-refractivity contribution in [3.63, 3.8) is 0 Å². The van der Waals surface area contributed by atoms with Crippen LogP contribution >= 0.6 is 34.5 Å². The Morgan fingerprint density at radius 2 is 2.05 bits per heavy atom. The molecule has 0 saturated carbocycles. The molecule has 7 heteroatoms. The molecule has 0 bridgehead atoms. The second-order valence-electron chi connectivity index (χ2n) is 4.18. The molecule has 0 N–H and O–H groups in total. The zero-order valence-electron chi connectivity index (χ0n) is 10.4. The highest BCUT2D eigenvalue weighted by Crippen LogP contribution is 2.38. The molecule has 0 aliphatic carbocycles. The Hall–Kier alpha value is -1.69. The van der Waals surface area contributed by atoms with Crippen LogP contribution in [0.25, 0.3) is 16.9 Å². The molecule has 3 aromatic rings. The highest BCUT2D eigenvalue weighted by Gasteiger charge is 2.17. The van der Waals surface area contributed by atoms with Crippen LogP contribution in [0.4, 0.5) is 4.39 Å². The predicted octanol–water partition coefficient (Wildman–Crippen LogP) is 4.86. The van der Waals surface area contributed by atoms with Crippen molar-refractivity contribution in [1.82, 2.24) is 9.78 Å². The van der Waals surface area contributed by atoms with Gasteiger partial charge in [0.1, 0.15) is 21.5 Å². The summed E-state index contributed by atoms with van der Waals surface area (Å²) >= 11 is 13.2. The molecule has 1 aromatic carbocycles. The number of aromatic nitrogens is 2. The van der Waals surface area contributed by atoms with Crippen LogP contribution in [0.5, 0.6) is 0 Å². The second kappa shape index (κ2) is 5.60. The van der Waals surface area contributed by atoms with Gasteiger partial charge in [-0.1, -0.05) is 35.3 Å². The smallest absolute Gasteiger partial charge is 0.153 e. The van der Waals surface area contributed by atoms with Gasteiger partial charge in [-0.3, -0.25) is 4.79 Å². The molecule has 2 aromatic heterocycles. The lowest BCUT2D eigenvalue weighted by molar-refractivity contribution is 0.112. The van der Waals surface area contributed by atoms with Gasteiger partial charge in [-0.05, 0) is 18.2 Å². The summed E-state index contributed by atoms with van der Waals surface area (Å²) in [6.07, 6.45) is 2.12. The standard InChI is InChI=1S/C14H7Cl2FN2OS/c15-12-5-9(14(16)21-12)13-8(7-20)6-19(18-13)11-4-2-1-3-10(11)17/h1-7H. The lowest BCUT2D eigenvalue weighted by Gasteiger charge is -2.01. The van der Waals surface area contributed by atoms with Gasteiger partial charge < -0.3 is 0 Å². The summed E-state index contributed by atoms with van der Waals surface area (Å²) in [5, 5.41) is 4.27. The minimum atomic E-state index is -0.432. The van der Waals surface area contributed by atoms with Crippen molar-refractivity contribution >= 4 is 40.8 Å². The van der Waals surface area contributed by atoms with E-state index in [2.05, 4.69) is 5.10 Å². The largest absolute Gasteiger partial charge is 0.298 e. The van der Waals surface area contributed by atoms with E-state index in [1.807, 2.05) is 0 Å². The van der Waals surface area contributed by atoms with E-state index in [9.17, 15) is 9.18 Å². The van der Waals surface area contributed by atoms with E-state index in [1.165, 1.54) is 28.3 Å². The number of carbonyl (C=O) groups excluding carboxylic acids is 1. The van der Waals surface area contributed by atoms with Crippen LogP contribution in [0, 0.1) is 5.82 Å². The van der Waals surface area contributed by atoms with Gasteiger partial charge in [0, 0.05) is 11.8 Å². The van der Waals surface area contributed by atoms with Crippen LogP contribution in [-0.2, 0) is 0 Å². The third-order valence-electron chi connectivity index (χ3n) is 2.88. The Bertz CT molecular complexity index is 828. The topological polar surface area (TPSA) is 34.9 Å². The molecule has 0 atom stereocenters. The zero-order valence-corrected chi connectivity index (χ0v) is 12.7. The summed E-state index contributed by atoms with van der Waals surface area (Å²) in [4.78, 5) is 11.2. The highest BCUT2D eigenvalue weighted by molar-refractivity contribution is 7.20. The lowest BCUT2D eigenvalue weighted by Crippen LogP contribution is -1.97. The van der Waals surface area contributed by atoms with Crippen molar-refractivity contribution in [1.29, 1.82) is 0 Å². The van der Waals surface area contributed by atoms with Gasteiger partial charge in [-0.25, -0.2) is 9.07 Å². The molecule has 106 valence electrons. The molecular weight excluding hydrogens is 334 g/mol. The first-order valence-electron chi connectivity index (χ1n) is 5.85. The number of rotatable bonds is 3. The Balaban J connectivity index is 2.18. The maximum Gasteiger partial charge on any atom is 0.153 e. The summed E-state index contributed by atoms with van der Waals surface area (Å²) in [6.45, 7) is 0. The molecule has 3 rings (SSSR count). The van der Waals surface area contributed by atoms with Crippen LogP contribution < -0.4 is 0 Å². The summed E-state index contributed by atoms with van der Waals surface area (Å²) < 4.78 is 16.1. The Morgan fingerprint density at radius 1 is 1.29 bits per heavy atom. The molecule has 0 spiro atoms. The first-order valence-corrected chi connectivity index (χ1v) is 7.42. The summed E-state index contributed by atoms with van der Waals surface area (Å²) in [5.74, 6) is -0.432. The van der Waals surface area contributed by atoms with Gasteiger partial charge in [0.05, 0.1) is 9.90 Å². The van der Waals surface area contributed by atoms with Gasteiger partial charge in [-0.15, -0.1) is 11.3 Å². The predicted molar refractivity (Wildman–Crippen MR) is 82.2 cm³/mol. The minimum absolute atomic E-state index is 0.254. The molecule has 0 unspecified atom stereocenters. The number of nitrogens with zero attached hydrogens (tertiary/aromatic N) is 2. The molecule has 2 heterocycles. The molecule has 3 nitrogen and oxygen atoms in total. The quantitative estimate of drug-likeness (QED) is 0.638. The zero-order chi connectivity index (χ0) is 15.0. The normalized spacial score (nSPS) is 10.8. The van der Waals surface area contributed by atoms with Gasteiger partial charge in [0.15, 0.2) is 6.29 Å². The summed E-state index contributed by atoms with van der Waals surface area (Å²) in [6, 6.07) is 7.80. The number of hydrogen-bond donors (Lipinski definition) is 0. The number of benzene rings is 1. The van der Waals surface area contributed by atoms with E-state index < -0.39 is 5.82 Å². The Kier molecular flexibility index (Phi) is 3.80. The minimum Gasteiger partial charge on any atom is -0.298 e. The summed E-state index contributed by atoms with van der Waals surface area (Å²) in [7, 11) is 0. The average Bonchev–Trinajstić information content (AvgIpc) is 3.02. The number of halogens is 3. The van der Waals surface area contributed by atoms with Crippen LogP contribution in [0.15, 0.2) is 36.5 Å². The van der Waals surface area contributed by atoms with E-state index in [0.717, 1.165) is 0 Å². The molecule has 0 aliphatic heterocycles. The summed E-state index contributed by atoms with van der Waals surface area (Å²) in [5.41, 5.74) is 1.50. The first kappa shape index (κ1) is 14.3. The number of thiophene rings is 1. The van der Waals surface area contributed by atoms with Gasteiger partial charge in [0.25, 0.3) is 0 Å². The van der Waals surface area contributed by atoms with Crippen molar-refractivity contribution in [2.24, 2.45) is 0 Å². The van der Waals surface area contributed by atoms with E-state index in [0.29, 0.717) is 31.8 Å². The average molecular weight is 341 g/mol. The lowest BCUT2D eigenvalue weighted by atomic mass is 10.2. The van der Waals surface area contributed by atoms with E-state index in [4.69, 9.17) is 23.2 Å². The van der Waals surface area contributed by atoms with E-state index in [1.54, 1.807) is 24.3 Å². The van der Waals surface area contributed by atoms with Crippen LogP contribution in [0.3, 0.4) is 0 Å². The second-order valence-corrected chi connectivity index (χ2v) is 6.47. The maximum absolute atomic E-state index is 13.8. The number of hydrogen-bond acceptors (Lipinski definition) is 3. The molecule has 0 amide bonds. The first-order chi connectivity index (χ1) is 10.1.